The third-order valence-corrected chi connectivity index (χ3v) is 2.56. The Morgan fingerprint density at radius 3 is 2.13 bits per heavy atom. The van der Waals surface area contributed by atoms with E-state index in [-0.39, 0.29) is 31.6 Å². The molecule has 1 N–H and O–H groups in total. The highest BCUT2D eigenvalue weighted by molar-refractivity contribution is 6.01. The van der Waals surface area contributed by atoms with Crippen LogP contribution in [0.3, 0.4) is 0 Å². The van der Waals surface area contributed by atoms with Crippen molar-refractivity contribution in [1.29, 1.82) is 0 Å². The molecule has 0 spiro atoms. The highest BCUT2D eigenvalue weighted by atomic mass is 16.7. The molecule has 0 unspecified atom stereocenters. The largest absolute Gasteiger partial charge is 0.356 e. The zero-order chi connectivity index (χ0) is 17.8. The van der Waals surface area contributed by atoms with E-state index in [2.05, 4.69) is 30.9 Å². The molecule has 1 heterocycles. The number of imide groups is 1. The standard InChI is InChI=1S/C12H18N2O5.C4H10/c1-2-8-13-9(15)4-3-5-12(18)19-14-10(16)6-7-11(14)17;1-4(2)3/h2-8H2,1H3,(H,13,15);4H,1-3H3. The average molecular weight is 328 g/mol. The van der Waals surface area contributed by atoms with Crippen LogP contribution in [0, 0.1) is 5.92 Å². The van der Waals surface area contributed by atoms with Crippen molar-refractivity contribution < 1.29 is 24.0 Å². The Hall–Kier alpha value is -1.92. The summed E-state index contributed by atoms with van der Waals surface area (Å²) in [5, 5.41) is 3.20. The Morgan fingerprint density at radius 2 is 1.65 bits per heavy atom. The van der Waals surface area contributed by atoms with Crippen LogP contribution in [0.25, 0.3) is 0 Å². The second-order valence-corrected chi connectivity index (χ2v) is 5.98. The van der Waals surface area contributed by atoms with Gasteiger partial charge in [-0.3, -0.25) is 14.4 Å². The summed E-state index contributed by atoms with van der Waals surface area (Å²) in [6, 6.07) is 0. The van der Waals surface area contributed by atoms with Crippen molar-refractivity contribution in [2.24, 2.45) is 5.92 Å². The van der Waals surface area contributed by atoms with Crippen LogP contribution in [-0.2, 0) is 24.0 Å². The monoisotopic (exact) mass is 328 g/mol. The number of nitrogens with zero attached hydrogens (tertiary/aromatic N) is 1. The van der Waals surface area contributed by atoms with E-state index < -0.39 is 17.8 Å². The first kappa shape index (κ1) is 21.1. The number of hydrogen-bond acceptors (Lipinski definition) is 5. The first-order chi connectivity index (χ1) is 10.8. The molecule has 0 bridgehead atoms. The summed E-state index contributed by atoms with van der Waals surface area (Å²) in [6.07, 6.45) is 1.54. The van der Waals surface area contributed by atoms with Gasteiger partial charge < -0.3 is 10.2 Å². The highest BCUT2D eigenvalue weighted by Crippen LogP contribution is 2.13. The Kier molecular flexibility index (Phi) is 10.7. The Bertz CT molecular complexity index is 402. The van der Waals surface area contributed by atoms with Gasteiger partial charge in [-0.1, -0.05) is 27.7 Å². The number of hydroxylamine groups is 2. The van der Waals surface area contributed by atoms with E-state index >= 15 is 0 Å². The molecule has 1 rings (SSSR count). The molecule has 1 saturated heterocycles. The Labute approximate surface area is 137 Å². The van der Waals surface area contributed by atoms with E-state index in [0.717, 1.165) is 12.3 Å². The van der Waals surface area contributed by atoms with Gasteiger partial charge in [-0.25, -0.2) is 4.79 Å². The Morgan fingerprint density at radius 1 is 1.13 bits per heavy atom. The molecule has 0 aliphatic carbocycles. The first-order valence-electron chi connectivity index (χ1n) is 8.11. The van der Waals surface area contributed by atoms with Gasteiger partial charge in [0.05, 0.1) is 0 Å². The van der Waals surface area contributed by atoms with Crippen molar-refractivity contribution >= 4 is 23.7 Å². The van der Waals surface area contributed by atoms with E-state index in [1.807, 2.05) is 6.92 Å². The molecule has 7 heteroatoms. The quantitative estimate of drug-likeness (QED) is 0.721. The second kappa shape index (κ2) is 11.6. The van der Waals surface area contributed by atoms with E-state index in [1.165, 1.54) is 0 Å². The van der Waals surface area contributed by atoms with Crippen molar-refractivity contribution in [3.8, 4) is 0 Å². The summed E-state index contributed by atoms with van der Waals surface area (Å²) >= 11 is 0. The van der Waals surface area contributed by atoms with Crippen LogP contribution < -0.4 is 5.32 Å². The van der Waals surface area contributed by atoms with Crippen LogP contribution in [0.15, 0.2) is 0 Å². The zero-order valence-electron chi connectivity index (χ0n) is 14.5. The number of carbonyl (C=O) groups excluding carboxylic acids is 4. The fourth-order valence-electron chi connectivity index (χ4n) is 1.55. The van der Waals surface area contributed by atoms with Gasteiger partial charge in [-0.15, -0.1) is 5.06 Å². The third kappa shape index (κ3) is 10.4. The van der Waals surface area contributed by atoms with Crippen LogP contribution in [0.4, 0.5) is 0 Å². The highest BCUT2D eigenvalue weighted by Gasteiger charge is 2.32. The molecule has 0 aromatic heterocycles. The van der Waals surface area contributed by atoms with Gasteiger partial charge in [-0.05, 0) is 18.8 Å². The first-order valence-corrected chi connectivity index (χ1v) is 8.11. The molecule has 1 aliphatic rings. The van der Waals surface area contributed by atoms with Gasteiger partial charge in [0.25, 0.3) is 11.8 Å². The van der Waals surface area contributed by atoms with E-state index in [4.69, 9.17) is 0 Å². The molecular weight excluding hydrogens is 300 g/mol. The molecule has 132 valence electrons. The predicted octanol–water partition coefficient (Wildman–Crippen LogP) is 1.95. The molecule has 0 aromatic carbocycles. The predicted molar refractivity (Wildman–Crippen MR) is 84.8 cm³/mol. The molecule has 1 aliphatic heterocycles. The van der Waals surface area contributed by atoms with Crippen molar-refractivity contribution in [3.63, 3.8) is 0 Å². The smallest absolute Gasteiger partial charge is 0.333 e. The van der Waals surface area contributed by atoms with Gasteiger partial charge in [0.2, 0.25) is 5.91 Å². The number of nitrogens with one attached hydrogen (secondary N) is 1. The number of hydrogen-bond donors (Lipinski definition) is 1. The van der Waals surface area contributed by atoms with Crippen LogP contribution in [0.1, 0.15) is 66.2 Å². The topological polar surface area (TPSA) is 92.8 Å². The number of rotatable bonds is 7. The number of carbonyl (C=O) groups is 4. The summed E-state index contributed by atoms with van der Waals surface area (Å²) in [5.74, 6) is -0.965. The number of amides is 3. The van der Waals surface area contributed by atoms with Gasteiger partial charge >= 0.3 is 5.97 Å². The Balaban J connectivity index is 0.00000108. The lowest BCUT2D eigenvalue weighted by atomic mass is 10.2. The molecule has 0 radical (unpaired) electrons. The summed E-state index contributed by atoms with van der Waals surface area (Å²) in [6.45, 7) is 9.06. The van der Waals surface area contributed by atoms with Gasteiger partial charge in [0, 0.05) is 32.2 Å². The minimum atomic E-state index is -0.674. The minimum absolute atomic E-state index is 0.00337. The van der Waals surface area contributed by atoms with Crippen molar-refractivity contribution in [2.45, 2.75) is 66.2 Å². The molecular formula is C16H28N2O5. The second-order valence-electron chi connectivity index (χ2n) is 5.98. The lowest BCUT2D eigenvalue weighted by Crippen LogP contribution is -2.32. The lowest BCUT2D eigenvalue weighted by molar-refractivity contribution is -0.197. The molecule has 7 nitrogen and oxygen atoms in total. The molecule has 0 atom stereocenters. The molecule has 23 heavy (non-hydrogen) atoms. The minimum Gasteiger partial charge on any atom is -0.356 e. The summed E-state index contributed by atoms with van der Waals surface area (Å²) in [4.78, 5) is 49.7. The van der Waals surface area contributed by atoms with Crippen molar-refractivity contribution in [2.75, 3.05) is 6.54 Å². The van der Waals surface area contributed by atoms with E-state index in [1.54, 1.807) is 0 Å². The average Bonchev–Trinajstić information content (AvgIpc) is 2.76. The lowest BCUT2D eigenvalue weighted by Gasteiger charge is -2.12. The third-order valence-electron chi connectivity index (χ3n) is 2.56. The maximum Gasteiger partial charge on any atom is 0.333 e. The molecule has 0 aromatic rings. The van der Waals surface area contributed by atoms with E-state index in [0.29, 0.717) is 18.0 Å². The van der Waals surface area contributed by atoms with Crippen LogP contribution in [0.5, 0.6) is 0 Å². The zero-order valence-corrected chi connectivity index (χ0v) is 14.5. The normalized spacial score (nSPS) is 13.7. The summed E-state index contributed by atoms with van der Waals surface area (Å²) in [5.41, 5.74) is 0. The van der Waals surface area contributed by atoms with Crippen LogP contribution in [0.2, 0.25) is 0 Å². The van der Waals surface area contributed by atoms with Gasteiger partial charge in [0.1, 0.15) is 0 Å². The molecule has 0 saturated carbocycles. The SMILES string of the molecule is CC(C)C.CCCNC(=O)CCCC(=O)ON1C(=O)CCC1=O. The molecule has 3 amide bonds. The fraction of sp³-hybridized carbons (Fsp3) is 0.750. The summed E-state index contributed by atoms with van der Waals surface area (Å²) in [7, 11) is 0. The molecule has 1 fully saturated rings. The van der Waals surface area contributed by atoms with Gasteiger partial charge in [-0.2, -0.15) is 0 Å². The van der Waals surface area contributed by atoms with Crippen molar-refractivity contribution in [1.82, 2.24) is 10.4 Å². The maximum absolute atomic E-state index is 11.4. The van der Waals surface area contributed by atoms with Crippen LogP contribution in [-0.4, -0.2) is 35.3 Å². The fourth-order valence-corrected chi connectivity index (χ4v) is 1.55. The van der Waals surface area contributed by atoms with Crippen LogP contribution >= 0.6 is 0 Å². The van der Waals surface area contributed by atoms with Gasteiger partial charge in [0.15, 0.2) is 0 Å². The van der Waals surface area contributed by atoms with E-state index in [9.17, 15) is 19.2 Å². The maximum atomic E-state index is 11.4. The summed E-state index contributed by atoms with van der Waals surface area (Å²) < 4.78 is 0. The van der Waals surface area contributed by atoms with Crippen molar-refractivity contribution in [3.05, 3.63) is 0 Å².